The molecule has 2 aromatic rings. The minimum atomic E-state index is -1.31. The first-order valence-electron chi connectivity index (χ1n) is 12.6. The van der Waals surface area contributed by atoms with Crippen molar-refractivity contribution >= 4 is 29.7 Å². The highest BCUT2D eigenvalue weighted by molar-refractivity contribution is 6.10. The zero-order valence-corrected chi connectivity index (χ0v) is 23.2. The third-order valence-electron chi connectivity index (χ3n) is 5.89. The molecule has 0 saturated carbocycles. The third-order valence-corrected chi connectivity index (χ3v) is 5.89. The van der Waals surface area contributed by atoms with Crippen molar-refractivity contribution in [2.24, 2.45) is 5.73 Å². The lowest BCUT2D eigenvalue weighted by Crippen LogP contribution is -2.62. The van der Waals surface area contributed by atoms with Crippen LogP contribution in [0.3, 0.4) is 0 Å². The van der Waals surface area contributed by atoms with Gasteiger partial charge in [0, 0.05) is 6.92 Å². The Labute approximate surface area is 242 Å². The molecule has 0 aliphatic carbocycles. The maximum Gasteiger partial charge on any atom is 0.304 e. The van der Waals surface area contributed by atoms with Crippen LogP contribution in [0.1, 0.15) is 24.5 Å². The fraction of sp³-hybridized carbons (Fsp3) is 0.345. The van der Waals surface area contributed by atoms with Gasteiger partial charge in [-0.2, -0.15) is 0 Å². The molecule has 0 radical (unpaired) electrons. The average molecular weight is 590 g/mol. The zero-order valence-electron chi connectivity index (χ0n) is 23.2. The number of aliphatic hydroxyl groups is 3. The molecule has 0 spiro atoms. The molecular weight excluding hydrogens is 554 g/mol. The molecule has 2 aromatic carbocycles. The van der Waals surface area contributed by atoms with Crippen molar-refractivity contribution in [2.75, 3.05) is 20.8 Å². The molecule has 0 aromatic heterocycles. The minimum absolute atomic E-state index is 0.00662. The first-order chi connectivity index (χ1) is 19.9. The molecule has 0 amide bonds. The molecule has 1 aliphatic rings. The minimum Gasteiger partial charge on any atom is -0.504 e. The second-order valence-electron chi connectivity index (χ2n) is 9.03. The van der Waals surface area contributed by atoms with E-state index in [1.807, 2.05) is 0 Å². The van der Waals surface area contributed by atoms with Crippen molar-refractivity contribution in [3.63, 3.8) is 0 Å². The van der Waals surface area contributed by atoms with Crippen molar-refractivity contribution in [2.45, 2.75) is 44.0 Å². The highest BCUT2D eigenvalue weighted by Crippen LogP contribution is 2.28. The molecule has 1 aliphatic heterocycles. The van der Waals surface area contributed by atoms with Crippen LogP contribution in [0.2, 0.25) is 0 Å². The summed E-state index contributed by atoms with van der Waals surface area (Å²) in [6.07, 6.45) is 0.678. The summed E-state index contributed by atoms with van der Waals surface area (Å²) >= 11 is 0. The molecule has 7 N–H and O–H groups in total. The number of nitrogens with two attached hydrogens (primary N) is 1. The fourth-order valence-corrected chi connectivity index (χ4v) is 3.64. The number of ketones is 2. The smallest absolute Gasteiger partial charge is 0.304 e. The summed E-state index contributed by atoms with van der Waals surface area (Å²) in [5.41, 5.74) is 6.81. The Bertz CT molecular complexity index is 1220. The molecule has 13 nitrogen and oxygen atoms in total. The molecular formula is C29H35NO12. The summed E-state index contributed by atoms with van der Waals surface area (Å²) in [7, 11) is 2.87. The van der Waals surface area contributed by atoms with Crippen LogP contribution >= 0.6 is 0 Å². The van der Waals surface area contributed by atoms with Crippen molar-refractivity contribution in [1.29, 1.82) is 0 Å². The third kappa shape index (κ3) is 9.98. The molecule has 13 heteroatoms. The largest absolute Gasteiger partial charge is 0.504 e. The summed E-state index contributed by atoms with van der Waals surface area (Å²) in [6, 6.07) is 8.30. The highest BCUT2D eigenvalue weighted by atomic mass is 16.7. The number of phenols is 2. The first-order valence-corrected chi connectivity index (χ1v) is 12.6. The number of rotatable bonds is 10. The van der Waals surface area contributed by atoms with E-state index in [1.54, 1.807) is 36.4 Å². The van der Waals surface area contributed by atoms with Gasteiger partial charge in [0.15, 0.2) is 34.6 Å². The number of benzene rings is 2. The van der Waals surface area contributed by atoms with E-state index in [2.05, 4.69) is 4.74 Å². The Morgan fingerprint density at radius 1 is 0.881 bits per heavy atom. The van der Waals surface area contributed by atoms with Gasteiger partial charge in [-0.1, -0.05) is 24.3 Å². The lowest BCUT2D eigenvalue weighted by Gasteiger charge is -2.39. The molecule has 3 rings (SSSR count). The predicted octanol–water partition coefficient (Wildman–Crippen LogP) is 0.686. The van der Waals surface area contributed by atoms with Crippen LogP contribution in [0.5, 0.6) is 23.0 Å². The second kappa shape index (κ2) is 16.2. The van der Waals surface area contributed by atoms with Gasteiger partial charge in [-0.05, 0) is 47.5 Å². The number of phenolic OH excluding ortho intramolecular Hbond substituents is 2. The molecule has 1 fully saturated rings. The topological polar surface area (TPSA) is 215 Å². The van der Waals surface area contributed by atoms with E-state index in [4.69, 9.17) is 25.1 Å². The van der Waals surface area contributed by atoms with Gasteiger partial charge in [0.25, 0.3) is 0 Å². The number of carbonyl (C=O) groups is 3. The lowest BCUT2D eigenvalue weighted by molar-refractivity contribution is -0.258. The standard InChI is InChI=1S/C21H20O6.C8H15NO6/c1-26-20-11-14(5-9-18(20)24)3-7-16(22)13-17(23)8-4-15-6-10-19(25)21(12-15)27-2;1-3(11)14-8-5(9)7(13)6(12)4(2-10)15-8/h3-12,24-25H,13H2,1-2H3;4-8,10,12-13H,2,9H2,1H3/b7-3+,8-4+;/t;4-,5-,6+,7-,8?/m.1/s1. The van der Waals surface area contributed by atoms with Crippen LogP contribution in [0.25, 0.3) is 12.2 Å². The highest BCUT2D eigenvalue weighted by Gasteiger charge is 2.43. The van der Waals surface area contributed by atoms with Gasteiger partial charge in [0.1, 0.15) is 18.3 Å². The normalized spacial score (nSPS) is 21.8. The van der Waals surface area contributed by atoms with Crippen molar-refractivity contribution < 1.29 is 58.9 Å². The molecule has 42 heavy (non-hydrogen) atoms. The van der Waals surface area contributed by atoms with Gasteiger partial charge in [0.2, 0.25) is 6.29 Å². The molecule has 228 valence electrons. The van der Waals surface area contributed by atoms with E-state index in [9.17, 15) is 34.8 Å². The quantitative estimate of drug-likeness (QED) is 0.128. The second-order valence-corrected chi connectivity index (χ2v) is 9.03. The molecule has 5 atom stereocenters. The Hall–Kier alpha value is -4.27. The summed E-state index contributed by atoms with van der Waals surface area (Å²) in [6.45, 7) is 0.671. The number of aliphatic hydroxyl groups excluding tert-OH is 3. The molecule has 0 bridgehead atoms. The van der Waals surface area contributed by atoms with Gasteiger partial charge >= 0.3 is 5.97 Å². The Morgan fingerprint density at radius 3 is 1.76 bits per heavy atom. The van der Waals surface area contributed by atoms with Crippen LogP contribution < -0.4 is 15.2 Å². The molecule has 1 saturated heterocycles. The number of methoxy groups -OCH3 is 2. The van der Waals surface area contributed by atoms with Crippen LogP contribution in [0.4, 0.5) is 0 Å². The van der Waals surface area contributed by atoms with Crippen molar-refractivity contribution in [3.8, 4) is 23.0 Å². The summed E-state index contributed by atoms with van der Waals surface area (Å²) < 4.78 is 19.7. The molecule has 1 unspecified atom stereocenters. The van der Waals surface area contributed by atoms with Gasteiger partial charge in [-0.3, -0.25) is 14.4 Å². The fourth-order valence-electron chi connectivity index (χ4n) is 3.64. The van der Waals surface area contributed by atoms with Gasteiger partial charge < -0.3 is 50.2 Å². The van der Waals surface area contributed by atoms with Crippen molar-refractivity contribution in [1.82, 2.24) is 0 Å². The Morgan fingerprint density at radius 2 is 1.36 bits per heavy atom. The summed E-state index contributed by atoms with van der Waals surface area (Å²) in [5, 5.41) is 46.8. The van der Waals surface area contributed by atoms with Crippen LogP contribution in [0.15, 0.2) is 48.6 Å². The van der Waals surface area contributed by atoms with E-state index < -0.39 is 43.2 Å². The summed E-state index contributed by atoms with van der Waals surface area (Å²) in [5.74, 6) is -0.698. The average Bonchev–Trinajstić information content (AvgIpc) is 2.96. The maximum absolute atomic E-state index is 11.9. The van der Waals surface area contributed by atoms with Crippen LogP contribution in [-0.2, 0) is 23.9 Å². The Balaban J connectivity index is 0.000000347. The number of ether oxygens (including phenoxy) is 4. The van der Waals surface area contributed by atoms with Gasteiger partial charge in [-0.15, -0.1) is 0 Å². The van der Waals surface area contributed by atoms with E-state index in [1.165, 1.54) is 45.4 Å². The predicted molar refractivity (Wildman–Crippen MR) is 150 cm³/mol. The van der Waals surface area contributed by atoms with E-state index in [0.717, 1.165) is 0 Å². The van der Waals surface area contributed by atoms with Crippen LogP contribution in [-0.4, -0.2) is 94.5 Å². The van der Waals surface area contributed by atoms with E-state index in [-0.39, 0.29) is 29.5 Å². The number of carbonyl (C=O) groups excluding carboxylic acids is 3. The van der Waals surface area contributed by atoms with E-state index >= 15 is 0 Å². The number of esters is 1. The summed E-state index contributed by atoms with van der Waals surface area (Å²) in [4.78, 5) is 34.5. The maximum atomic E-state index is 11.9. The van der Waals surface area contributed by atoms with Gasteiger partial charge in [0.05, 0.1) is 33.3 Å². The first kappa shape index (κ1) is 33.9. The number of hydrogen-bond acceptors (Lipinski definition) is 13. The zero-order chi connectivity index (χ0) is 31.4. The van der Waals surface area contributed by atoms with Crippen LogP contribution in [0, 0.1) is 0 Å². The lowest BCUT2D eigenvalue weighted by atomic mass is 9.98. The SMILES string of the molecule is CC(=O)OC1O[C@H](CO)[C@H](O)[C@H](O)[C@H]1N.COc1cc(/C=C/C(=O)CC(=O)/C=C/c2ccc(O)c(OC)c2)ccc1O. The molecule has 1 heterocycles. The number of aromatic hydroxyl groups is 2. The number of allylic oxidation sites excluding steroid dienone is 2. The van der Waals surface area contributed by atoms with E-state index in [0.29, 0.717) is 22.6 Å². The van der Waals surface area contributed by atoms with Gasteiger partial charge in [-0.25, -0.2) is 0 Å². The van der Waals surface area contributed by atoms with Crippen molar-refractivity contribution in [3.05, 3.63) is 59.7 Å². The number of hydrogen-bond donors (Lipinski definition) is 6. The Kier molecular flexibility index (Phi) is 13.1. The monoisotopic (exact) mass is 589 g/mol.